The number of methoxy groups -OCH3 is 1. The van der Waals surface area contributed by atoms with E-state index in [1.165, 1.54) is 13.5 Å². The summed E-state index contributed by atoms with van der Waals surface area (Å²) in [5.41, 5.74) is 0.0606. The number of esters is 1. The number of ether oxygens (including phenoxy) is 1. The Bertz CT molecular complexity index is 305. The van der Waals surface area contributed by atoms with Gasteiger partial charge in [0.05, 0.1) is 19.6 Å². The summed E-state index contributed by atoms with van der Waals surface area (Å²) in [6.45, 7) is 1.89. The lowest BCUT2D eigenvalue weighted by Gasteiger charge is -2.45. The van der Waals surface area contributed by atoms with Crippen LogP contribution in [0, 0.1) is 5.92 Å². The maximum atomic E-state index is 11.4. The third kappa shape index (κ3) is 2.69. The predicted octanol–water partition coefficient (Wildman–Crippen LogP) is 1.61. The fourth-order valence-corrected chi connectivity index (χ4v) is 3.94. The molecule has 1 spiro atoms. The van der Waals surface area contributed by atoms with E-state index in [0.29, 0.717) is 12.3 Å². The van der Waals surface area contributed by atoms with E-state index in [1.54, 1.807) is 0 Å². The topological polar surface area (TPSA) is 58.6 Å². The first-order valence-electron chi connectivity index (χ1n) is 7.10. The Morgan fingerprint density at radius 1 is 1.44 bits per heavy atom. The van der Waals surface area contributed by atoms with Gasteiger partial charge in [-0.05, 0) is 32.6 Å². The highest BCUT2D eigenvalue weighted by atomic mass is 16.5. The van der Waals surface area contributed by atoms with Gasteiger partial charge in [-0.3, -0.25) is 4.79 Å². The molecule has 104 valence electrons. The van der Waals surface area contributed by atoms with Crippen LogP contribution in [-0.4, -0.2) is 35.9 Å². The van der Waals surface area contributed by atoms with Gasteiger partial charge in [-0.2, -0.15) is 0 Å². The molecule has 4 nitrogen and oxygen atoms in total. The van der Waals surface area contributed by atoms with Crippen LogP contribution in [-0.2, 0) is 9.53 Å². The number of aliphatic hydroxyl groups excluding tert-OH is 1. The number of carbonyl (C=O) groups is 1. The summed E-state index contributed by atoms with van der Waals surface area (Å²) >= 11 is 0. The first kappa shape index (κ1) is 13.8. The predicted molar refractivity (Wildman–Crippen MR) is 69.2 cm³/mol. The van der Waals surface area contributed by atoms with Gasteiger partial charge in [0.2, 0.25) is 0 Å². The maximum Gasteiger partial charge on any atom is 0.307 e. The molecular formula is C14H25NO3. The van der Waals surface area contributed by atoms with E-state index in [-0.39, 0.29) is 23.7 Å². The van der Waals surface area contributed by atoms with Gasteiger partial charge in [0.25, 0.3) is 0 Å². The summed E-state index contributed by atoms with van der Waals surface area (Å²) in [5, 5.41) is 13.6. The smallest absolute Gasteiger partial charge is 0.307 e. The molecule has 2 aliphatic rings. The van der Waals surface area contributed by atoms with Crippen LogP contribution in [0.3, 0.4) is 0 Å². The summed E-state index contributed by atoms with van der Waals surface area (Å²) in [4.78, 5) is 11.4. The molecule has 0 aromatic carbocycles. The van der Waals surface area contributed by atoms with Crippen molar-refractivity contribution in [1.29, 1.82) is 0 Å². The Balaban J connectivity index is 2.02. The van der Waals surface area contributed by atoms with E-state index in [2.05, 4.69) is 5.32 Å². The molecule has 2 N–H and O–H groups in total. The summed E-state index contributed by atoms with van der Waals surface area (Å²) < 4.78 is 4.75. The van der Waals surface area contributed by atoms with Gasteiger partial charge >= 0.3 is 5.97 Å². The van der Waals surface area contributed by atoms with Crippen molar-refractivity contribution in [1.82, 2.24) is 5.32 Å². The van der Waals surface area contributed by atoms with Crippen molar-refractivity contribution in [3.05, 3.63) is 0 Å². The zero-order valence-corrected chi connectivity index (χ0v) is 11.4. The summed E-state index contributed by atoms with van der Waals surface area (Å²) in [6.07, 6.45) is 6.87. The molecule has 0 amide bonds. The van der Waals surface area contributed by atoms with Crippen molar-refractivity contribution in [2.24, 2.45) is 5.92 Å². The van der Waals surface area contributed by atoms with E-state index in [0.717, 1.165) is 32.1 Å². The van der Waals surface area contributed by atoms with Crippen LogP contribution in [0.1, 0.15) is 51.9 Å². The fourth-order valence-electron chi connectivity index (χ4n) is 3.94. The maximum absolute atomic E-state index is 11.4. The Morgan fingerprint density at radius 2 is 2.11 bits per heavy atom. The van der Waals surface area contributed by atoms with Crippen LogP contribution in [0.5, 0.6) is 0 Å². The molecule has 1 aliphatic carbocycles. The molecule has 0 bridgehead atoms. The number of rotatable bonds is 3. The van der Waals surface area contributed by atoms with Crippen molar-refractivity contribution in [2.45, 2.75) is 69.6 Å². The van der Waals surface area contributed by atoms with Crippen LogP contribution in [0.2, 0.25) is 0 Å². The zero-order chi connectivity index (χ0) is 13.2. The number of hydrogen-bond acceptors (Lipinski definition) is 4. The zero-order valence-electron chi connectivity index (χ0n) is 11.4. The molecule has 0 aromatic rings. The van der Waals surface area contributed by atoms with Gasteiger partial charge in [-0.1, -0.05) is 12.8 Å². The molecule has 2 rings (SSSR count). The van der Waals surface area contributed by atoms with Crippen LogP contribution < -0.4 is 5.32 Å². The van der Waals surface area contributed by atoms with E-state index in [4.69, 9.17) is 4.74 Å². The average Bonchev–Trinajstić information content (AvgIpc) is 2.72. The summed E-state index contributed by atoms with van der Waals surface area (Å²) in [6, 6.07) is 0.213. The molecule has 18 heavy (non-hydrogen) atoms. The van der Waals surface area contributed by atoms with E-state index in [9.17, 15) is 9.90 Å². The van der Waals surface area contributed by atoms with E-state index >= 15 is 0 Å². The summed E-state index contributed by atoms with van der Waals surface area (Å²) in [7, 11) is 1.44. The molecule has 4 atom stereocenters. The van der Waals surface area contributed by atoms with Crippen LogP contribution >= 0.6 is 0 Å². The normalized spacial score (nSPS) is 37.7. The SMILES string of the molecule is COC(=O)C[C@@H]1CCC[C@]2(CCC[C@@H]2[C@@H](C)O)N1. The fraction of sp³-hybridized carbons (Fsp3) is 0.929. The van der Waals surface area contributed by atoms with Gasteiger partial charge in [0.1, 0.15) is 0 Å². The molecule has 4 heteroatoms. The largest absolute Gasteiger partial charge is 0.469 e. The molecule has 0 unspecified atom stereocenters. The van der Waals surface area contributed by atoms with E-state index in [1.807, 2.05) is 6.92 Å². The third-order valence-electron chi connectivity index (χ3n) is 4.74. The van der Waals surface area contributed by atoms with Crippen LogP contribution in [0.4, 0.5) is 0 Å². The Morgan fingerprint density at radius 3 is 2.72 bits per heavy atom. The quantitative estimate of drug-likeness (QED) is 0.752. The number of nitrogens with one attached hydrogen (secondary N) is 1. The molecule has 0 radical (unpaired) electrons. The van der Waals surface area contributed by atoms with E-state index < -0.39 is 0 Å². The van der Waals surface area contributed by atoms with Crippen molar-refractivity contribution < 1.29 is 14.6 Å². The summed E-state index contributed by atoms with van der Waals surface area (Å²) in [5.74, 6) is 0.189. The van der Waals surface area contributed by atoms with Gasteiger partial charge in [0.15, 0.2) is 0 Å². The second kappa shape index (κ2) is 5.57. The lowest BCUT2D eigenvalue weighted by atomic mass is 9.75. The monoisotopic (exact) mass is 255 g/mol. The molecule has 2 fully saturated rings. The third-order valence-corrected chi connectivity index (χ3v) is 4.74. The Hall–Kier alpha value is -0.610. The number of carbonyl (C=O) groups excluding carboxylic acids is 1. The Labute approximate surface area is 109 Å². The minimum Gasteiger partial charge on any atom is -0.469 e. The molecule has 1 saturated heterocycles. The molecular weight excluding hydrogens is 230 g/mol. The highest BCUT2D eigenvalue weighted by molar-refractivity contribution is 5.69. The van der Waals surface area contributed by atoms with Gasteiger partial charge in [0, 0.05) is 17.5 Å². The number of piperidine rings is 1. The highest BCUT2D eigenvalue weighted by Crippen LogP contribution is 2.44. The van der Waals surface area contributed by atoms with Crippen molar-refractivity contribution in [3.63, 3.8) is 0 Å². The van der Waals surface area contributed by atoms with Crippen molar-refractivity contribution in [2.75, 3.05) is 7.11 Å². The number of aliphatic hydroxyl groups is 1. The lowest BCUT2D eigenvalue weighted by Crippen LogP contribution is -2.58. The van der Waals surface area contributed by atoms with Crippen molar-refractivity contribution >= 4 is 5.97 Å². The number of hydrogen-bond donors (Lipinski definition) is 2. The Kier molecular flexibility index (Phi) is 4.28. The first-order chi connectivity index (χ1) is 8.57. The molecule has 1 heterocycles. The van der Waals surface area contributed by atoms with Crippen molar-refractivity contribution in [3.8, 4) is 0 Å². The first-order valence-corrected chi connectivity index (χ1v) is 7.10. The standard InChI is InChI=1S/C14H25NO3/c1-10(16)12-6-4-8-14(12)7-3-5-11(15-14)9-13(17)18-2/h10-12,15-16H,3-9H2,1-2H3/t10-,11+,12-,14-/m1/s1. The highest BCUT2D eigenvalue weighted by Gasteiger charge is 2.47. The van der Waals surface area contributed by atoms with Gasteiger partial charge < -0.3 is 15.2 Å². The molecule has 1 aliphatic heterocycles. The molecule has 1 saturated carbocycles. The molecule has 0 aromatic heterocycles. The van der Waals surface area contributed by atoms with Crippen LogP contribution in [0.15, 0.2) is 0 Å². The second-order valence-electron chi connectivity index (χ2n) is 5.91. The minimum absolute atomic E-state index is 0.0606. The van der Waals surface area contributed by atoms with Gasteiger partial charge in [-0.15, -0.1) is 0 Å². The second-order valence-corrected chi connectivity index (χ2v) is 5.91. The lowest BCUT2D eigenvalue weighted by molar-refractivity contribution is -0.141. The van der Waals surface area contributed by atoms with Gasteiger partial charge in [-0.25, -0.2) is 0 Å². The van der Waals surface area contributed by atoms with Crippen LogP contribution in [0.25, 0.3) is 0 Å². The average molecular weight is 255 g/mol. The minimum atomic E-state index is -0.267.